The second kappa shape index (κ2) is 4.20. The standard InChI is InChI=1S/C14H21NO4/c16-11(13(5-6-13)12(17)18)15-8-7-14(19)4-2-1-3-10(14)9-15/h10,19H,1-9H2,(H,17,18). The molecular weight excluding hydrogens is 246 g/mol. The molecule has 3 rings (SSSR count). The summed E-state index contributed by atoms with van der Waals surface area (Å²) < 4.78 is 0. The number of hydrogen-bond donors (Lipinski definition) is 2. The predicted octanol–water partition coefficient (Wildman–Crippen LogP) is 1.00. The average molecular weight is 267 g/mol. The van der Waals surface area contributed by atoms with Crippen LogP contribution in [-0.4, -0.2) is 45.7 Å². The number of fused-ring (bicyclic) bond motifs is 1. The van der Waals surface area contributed by atoms with Crippen molar-refractivity contribution in [1.29, 1.82) is 0 Å². The summed E-state index contributed by atoms with van der Waals surface area (Å²) in [6.45, 7) is 1.03. The zero-order valence-electron chi connectivity index (χ0n) is 11.1. The second-order valence-electron chi connectivity index (χ2n) is 6.43. The number of nitrogens with zero attached hydrogens (tertiary/aromatic N) is 1. The molecule has 1 aliphatic heterocycles. The van der Waals surface area contributed by atoms with Crippen LogP contribution < -0.4 is 0 Å². The zero-order valence-corrected chi connectivity index (χ0v) is 11.1. The van der Waals surface area contributed by atoms with Gasteiger partial charge in [-0.15, -0.1) is 0 Å². The molecule has 1 amide bonds. The summed E-state index contributed by atoms with van der Waals surface area (Å²) in [5.41, 5.74) is -1.75. The fraction of sp³-hybridized carbons (Fsp3) is 0.857. The molecule has 2 unspecified atom stereocenters. The van der Waals surface area contributed by atoms with Gasteiger partial charge in [0.2, 0.25) is 5.91 Å². The summed E-state index contributed by atoms with van der Waals surface area (Å²) in [4.78, 5) is 25.3. The molecule has 1 saturated heterocycles. The summed E-state index contributed by atoms with van der Waals surface area (Å²) in [6, 6.07) is 0. The number of piperidine rings is 1. The van der Waals surface area contributed by atoms with Crippen LogP contribution in [0.4, 0.5) is 0 Å². The van der Waals surface area contributed by atoms with Crippen molar-refractivity contribution in [2.45, 2.75) is 50.5 Å². The van der Waals surface area contributed by atoms with E-state index in [0.29, 0.717) is 32.4 Å². The molecule has 0 bridgehead atoms. The van der Waals surface area contributed by atoms with Crippen molar-refractivity contribution in [2.75, 3.05) is 13.1 Å². The van der Waals surface area contributed by atoms with Crippen LogP contribution >= 0.6 is 0 Å². The largest absolute Gasteiger partial charge is 0.480 e. The van der Waals surface area contributed by atoms with E-state index in [0.717, 1.165) is 25.7 Å². The number of amides is 1. The number of rotatable bonds is 2. The van der Waals surface area contributed by atoms with Gasteiger partial charge in [0.05, 0.1) is 5.60 Å². The van der Waals surface area contributed by atoms with Gasteiger partial charge in [0.1, 0.15) is 5.41 Å². The van der Waals surface area contributed by atoms with Gasteiger partial charge in [0.25, 0.3) is 0 Å². The lowest BCUT2D eigenvalue weighted by Gasteiger charge is -2.47. The van der Waals surface area contributed by atoms with Gasteiger partial charge in [-0.2, -0.15) is 0 Å². The lowest BCUT2D eigenvalue weighted by molar-refractivity contribution is -0.158. The molecule has 0 aromatic carbocycles. The van der Waals surface area contributed by atoms with Crippen molar-refractivity contribution >= 4 is 11.9 Å². The molecule has 106 valence electrons. The summed E-state index contributed by atoms with van der Waals surface area (Å²) >= 11 is 0. The number of carbonyl (C=O) groups is 2. The number of carbonyl (C=O) groups excluding carboxylic acids is 1. The predicted molar refractivity (Wildman–Crippen MR) is 67.4 cm³/mol. The number of hydrogen-bond acceptors (Lipinski definition) is 3. The Labute approximate surface area is 112 Å². The van der Waals surface area contributed by atoms with Crippen LogP contribution in [0.1, 0.15) is 44.9 Å². The van der Waals surface area contributed by atoms with Crippen LogP contribution in [-0.2, 0) is 9.59 Å². The maximum atomic E-state index is 12.4. The third-order valence-corrected chi connectivity index (χ3v) is 5.28. The molecule has 19 heavy (non-hydrogen) atoms. The van der Waals surface area contributed by atoms with Gasteiger partial charge in [-0.05, 0) is 32.1 Å². The molecule has 2 atom stereocenters. The Hall–Kier alpha value is -1.10. The fourth-order valence-electron chi connectivity index (χ4n) is 3.70. The molecule has 1 heterocycles. The van der Waals surface area contributed by atoms with Crippen molar-refractivity contribution in [1.82, 2.24) is 4.90 Å². The third kappa shape index (κ3) is 1.95. The topological polar surface area (TPSA) is 77.8 Å². The van der Waals surface area contributed by atoms with Crippen molar-refractivity contribution < 1.29 is 19.8 Å². The molecular formula is C14H21NO4. The first kappa shape index (κ1) is 12.9. The third-order valence-electron chi connectivity index (χ3n) is 5.28. The highest BCUT2D eigenvalue weighted by atomic mass is 16.4. The summed E-state index contributed by atoms with van der Waals surface area (Å²) in [5.74, 6) is -1.09. The van der Waals surface area contributed by atoms with Crippen molar-refractivity contribution in [3.05, 3.63) is 0 Å². The molecule has 2 saturated carbocycles. The van der Waals surface area contributed by atoms with Gasteiger partial charge >= 0.3 is 5.97 Å². The summed E-state index contributed by atoms with van der Waals surface area (Å²) in [6.07, 6.45) is 5.45. The Morgan fingerprint density at radius 1 is 1.11 bits per heavy atom. The maximum absolute atomic E-state index is 12.4. The molecule has 5 nitrogen and oxygen atoms in total. The highest BCUT2D eigenvalue weighted by Gasteiger charge is 2.59. The van der Waals surface area contributed by atoms with E-state index in [9.17, 15) is 19.8 Å². The van der Waals surface area contributed by atoms with E-state index in [1.807, 2.05) is 0 Å². The normalized spacial score (nSPS) is 36.5. The minimum Gasteiger partial charge on any atom is -0.480 e. The van der Waals surface area contributed by atoms with Gasteiger partial charge in [-0.3, -0.25) is 9.59 Å². The average Bonchev–Trinajstić information content (AvgIpc) is 3.18. The highest BCUT2D eigenvalue weighted by molar-refractivity contribution is 6.04. The molecule has 3 aliphatic rings. The van der Waals surface area contributed by atoms with Crippen molar-refractivity contribution in [3.8, 4) is 0 Å². The smallest absolute Gasteiger partial charge is 0.319 e. The van der Waals surface area contributed by atoms with Crippen LogP contribution in [0.2, 0.25) is 0 Å². The van der Waals surface area contributed by atoms with E-state index < -0.39 is 17.0 Å². The Morgan fingerprint density at radius 2 is 1.84 bits per heavy atom. The maximum Gasteiger partial charge on any atom is 0.319 e. The molecule has 0 radical (unpaired) electrons. The molecule has 0 spiro atoms. The van der Waals surface area contributed by atoms with Crippen LogP contribution in [0, 0.1) is 11.3 Å². The first-order valence-electron chi connectivity index (χ1n) is 7.23. The first-order valence-corrected chi connectivity index (χ1v) is 7.23. The summed E-state index contributed by atoms with van der Waals surface area (Å²) in [7, 11) is 0. The van der Waals surface area contributed by atoms with Gasteiger partial charge in [-0.1, -0.05) is 12.8 Å². The molecule has 2 N–H and O–H groups in total. The van der Waals surface area contributed by atoms with Gasteiger partial charge in [0, 0.05) is 19.0 Å². The molecule has 0 aromatic heterocycles. The van der Waals surface area contributed by atoms with E-state index in [1.54, 1.807) is 4.90 Å². The van der Waals surface area contributed by atoms with E-state index in [2.05, 4.69) is 0 Å². The highest BCUT2D eigenvalue weighted by Crippen LogP contribution is 2.49. The molecule has 2 aliphatic carbocycles. The van der Waals surface area contributed by atoms with Crippen LogP contribution in [0.3, 0.4) is 0 Å². The molecule has 3 fully saturated rings. The number of carboxylic acids is 1. The van der Waals surface area contributed by atoms with E-state index in [4.69, 9.17) is 0 Å². The van der Waals surface area contributed by atoms with Gasteiger partial charge in [-0.25, -0.2) is 0 Å². The Morgan fingerprint density at radius 3 is 2.47 bits per heavy atom. The van der Waals surface area contributed by atoms with Crippen LogP contribution in [0.25, 0.3) is 0 Å². The quantitative estimate of drug-likeness (QED) is 0.732. The van der Waals surface area contributed by atoms with Crippen LogP contribution in [0.5, 0.6) is 0 Å². The molecule has 5 heteroatoms. The lowest BCUT2D eigenvalue weighted by atomic mass is 9.71. The molecule has 0 aromatic rings. The first-order chi connectivity index (χ1) is 8.98. The number of aliphatic hydroxyl groups is 1. The Kier molecular flexibility index (Phi) is 2.85. The fourth-order valence-corrected chi connectivity index (χ4v) is 3.70. The van der Waals surface area contributed by atoms with E-state index >= 15 is 0 Å². The van der Waals surface area contributed by atoms with Crippen LogP contribution in [0.15, 0.2) is 0 Å². The zero-order chi connectivity index (χ0) is 13.7. The second-order valence-corrected chi connectivity index (χ2v) is 6.43. The van der Waals surface area contributed by atoms with Gasteiger partial charge < -0.3 is 15.1 Å². The Bertz CT molecular complexity index is 418. The van der Waals surface area contributed by atoms with E-state index in [-0.39, 0.29) is 11.8 Å². The Balaban J connectivity index is 1.71. The van der Waals surface area contributed by atoms with Crippen molar-refractivity contribution in [2.24, 2.45) is 11.3 Å². The number of carboxylic acid groups (broad SMARTS) is 1. The number of likely N-dealkylation sites (tertiary alicyclic amines) is 1. The van der Waals surface area contributed by atoms with Gasteiger partial charge in [0.15, 0.2) is 0 Å². The number of aliphatic carboxylic acids is 1. The minimum atomic E-state index is -1.13. The minimum absolute atomic E-state index is 0.128. The monoisotopic (exact) mass is 267 g/mol. The lowest BCUT2D eigenvalue weighted by Crippen LogP contribution is -2.56. The van der Waals surface area contributed by atoms with Crippen molar-refractivity contribution in [3.63, 3.8) is 0 Å². The summed E-state index contributed by atoms with van der Waals surface area (Å²) in [5, 5.41) is 19.8. The SMILES string of the molecule is O=C(O)C1(C(=O)N2CCC3(O)CCCCC3C2)CC1. The van der Waals surface area contributed by atoms with E-state index in [1.165, 1.54) is 0 Å².